The van der Waals surface area contributed by atoms with Gasteiger partial charge in [0.2, 0.25) is 0 Å². The summed E-state index contributed by atoms with van der Waals surface area (Å²) in [6.07, 6.45) is 0. The molecule has 0 amide bonds. The van der Waals surface area contributed by atoms with Crippen LogP contribution in [0.15, 0.2) is 18.2 Å². The van der Waals surface area contributed by atoms with Crippen molar-refractivity contribution in [3.05, 3.63) is 23.8 Å². The quantitative estimate of drug-likeness (QED) is 0.430. The minimum atomic E-state index is -1.23. The number of nitrogens with two attached hydrogens (primary N) is 1. The molecule has 0 radical (unpaired) electrons. The van der Waals surface area contributed by atoms with E-state index in [4.69, 9.17) is 26.3 Å². The summed E-state index contributed by atoms with van der Waals surface area (Å²) in [6.45, 7) is -1.33. The summed E-state index contributed by atoms with van der Waals surface area (Å²) in [7, 11) is 0. The van der Waals surface area contributed by atoms with E-state index < -0.39 is 25.4 Å². The molecule has 1 aromatic carbocycles. The monoisotopic (exact) mass is 237 g/mol. The van der Waals surface area contributed by atoms with Crippen LogP contribution in [0.25, 0.3) is 0 Å². The number of anilines is 2. The summed E-state index contributed by atoms with van der Waals surface area (Å²) < 4.78 is 0. The van der Waals surface area contributed by atoms with E-state index >= 15 is 0 Å². The second-order valence-electron chi connectivity index (χ2n) is 3.79. The minimum Gasteiger partial charge on any atom is -0.397 e. The van der Waals surface area contributed by atoms with Gasteiger partial charge in [-0.1, -0.05) is 0 Å². The van der Waals surface area contributed by atoms with Crippen LogP contribution in [-0.2, 0) is 0 Å². The van der Waals surface area contributed by atoms with E-state index in [0.29, 0.717) is 16.9 Å². The molecule has 0 aliphatic carbocycles. The SMILES string of the molecule is N#Cc1ccc(NC(CO)(CO)CO)c(N)c1. The van der Waals surface area contributed by atoms with Crippen LogP contribution in [-0.4, -0.2) is 40.7 Å². The van der Waals surface area contributed by atoms with E-state index in [0.717, 1.165) is 0 Å². The highest BCUT2D eigenvalue weighted by molar-refractivity contribution is 5.69. The summed E-state index contributed by atoms with van der Waals surface area (Å²) in [5, 5.41) is 38.9. The van der Waals surface area contributed by atoms with Crippen LogP contribution in [0.5, 0.6) is 0 Å². The number of aliphatic hydroxyl groups excluding tert-OH is 3. The Morgan fingerprint density at radius 2 is 1.82 bits per heavy atom. The van der Waals surface area contributed by atoms with Crippen molar-refractivity contribution in [3.63, 3.8) is 0 Å². The minimum absolute atomic E-state index is 0.309. The average molecular weight is 237 g/mol. The number of rotatable bonds is 5. The van der Waals surface area contributed by atoms with Gasteiger partial charge in [0, 0.05) is 0 Å². The molecule has 92 valence electrons. The largest absolute Gasteiger partial charge is 0.397 e. The number of aliphatic hydroxyl groups is 3. The third-order valence-corrected chi connectivity index (χ3v) is 2.49. The lowest BCUT2D eigenvalue weighted by atomic mass is 10.0. The molecule has 0 aliphatic heterocycles. The number of nitriles is 1. The molecule has 1 rings (SSSR count). The summed E-state index contributed by atoms with van der Waals surface area (Å²) >= 11 is 0. The van der Waals surface area contributed by atoms with Gasteiger partial charge in [-0.05, 0) is 18.2 Å². The van der Waals surface area contributed by atoms with Crippen molar-refractivity contribution in [1.82, 2.24) is 0 Å². The summed E-state index contributed by atoms with van der Waals surface area (Å²) in [6, 6.07) is 6.53. The van der Waals surface area contributed by atoms with Crippen molar-refractivity contribution in [3.8, 4) is 6.07 Å². The molecule has 6 N–H and O–H groups in total. The van der Waals surface area contributed by atoms with Crippen LogP contribution in [0.3, 0.4) is 0 Å². The zero-order chi connectivity index (χ0) is 12.9. The molecule has 0 saturated heterocycles. The number of nitrogens with one attached hydrogen (secondary N) is 1. The van der Waals surface area contributed by atoms with Gasteiger partial charge >= 0.3 is 0 Å². The maximum Gasteiger partial charge on any atom is 0.107 e. The third-order valence-electron chi connectivity index (χ3n) is 2.49. The van der Waals surface area contributed by atoms with Crippen LogP contribution in [0.4, 0.5) is 11.4 Å². The molecule has 0 heterocycles. The van der Waals surface area contributed by atoms with E-state index in [9.17, 15) is 0 Å². The normalized spacial score (nSPS) is 10.9. The van der Waals surface area contributed by atoms with E-state index in [2.05, 4.69) is 5.32 Å². The summed E-state index contributed by atoms with van der Waals surface area (Å²) in [4.78, 5) is 0. The summed E-state index contributed by atoms with van der Waals surface area (Å²) in [5.41, 5.74) is 5.64. The Hall–Kier alpha value is -1.81. The van der Waals surface area contributed by atoms with E-state index in [1.807, 2.05) is 6.07 Å². The molecule has 0 aliphatic rings. The van der Waals surface area contributed by atoms with Crippen LogP contribution in [0, 0.1) is 11.3 Å². The predicted molar refractivity (Wildman–Crippen MR) is 63.2 cm³/mol. The van der Waals surface area contributed by atoms with E-state index in [1.165, 1.54) is 6.07 Å². The van der Waals surface area contributed by atoms with Gasteiger partial charge in [0.1, 0.15) is 5.54 Å². The molecule has 0 unspecified atom stereocenters. The molecule has 0 fully saturated rings. The molecule has 0 spiro atoms. The molecule has 6 heteroatoms. The first-order chi connectivity index (χ1) is 8.10. The highest BCUT2D eigenvalue weighted by atomic mass is 16.3. The molecule has 1 aromatic rings. The maximum absolute atomic E-state index is 9.15. The van der Waals surface area contributed by atoms with Crippen molar-refractivity contribution >= 4 is 11.4 Å². The molecule has 0 aromatic heterocycles. The van der Waals surface area contributed by atoms with Gasteiger partial charge in [0.05, 0.1) is 42.8 Å². The van der Waals surface area contributed by atoms with Gasteiger partial charge in [0.25, 0.3) is 0 Å². The van der Waals surface area contributed by atoms with Gasteiger partial charge in [-0.3, -0.25) is 0 Å². The van der Waals surface area contributed by atoms with Crippen molar-refractivity contribution in [2.75, 3.05) is 30.9 Å². The lowest BCUT2D eigenvalue weighted by Gasteiger charge is -2.30. The molecule has 6 nitrogen and oxygen atoms in total. The van der Waals surface area contributed by atoms with Crippen molar-refractivity contribution in [2.45, 2.75) is 5.54 Å². The Bertz CT molecular complexity index is 416. The number of hydrogen-bond acceptors (Lipinski definition) is 6. The molecule has 0 saturated carbocycles. The first-order valence-electron chi connectivity index (χ1n) is 5.01. The Balaban J connectivity index is 2.99. The Morgan fingerprint density at radius 3 is 2.24 bits per heavy atom. The molecule has 0 bridgehead atoms. The first-order valence-corrected chi connectivity index (χ1v) is 5.01. The Kier molecular flexibility index (Phi) is 4.29. The van der Waals surface area contributed by atoms with Gasteiger partial charge in [-0.15, -0.1) is 0 Å². The molecule has 17 heavy (non-hydrogen) atoms. The van der Waals surface area contributed by atoms with Gasteiger partial charge in [-0.2, -0.15) is 5.26 Å². The van der Waals surface area contributed by atoms with E-state index in [-0.39, 0.29) is 0 Å². The highest BCUT2D eigenvalue weighted by Gasteiger charge is 2.28. The number of hydrogen-bond donors (Lipinski definition) is 5. The predicted octanol–water partition coefficient (Wildman–Crippen LogP) is -0.732. The zero-order valence-corrected chi connectivity index (χ0v) is 9.22. The lowest BCUT2D eigenvalue weighted by Crippen LogP contribution is -2.49. The smallest absolute Gasteiger partial charge is 0.107 e. The highest BCUT2D eigenvalue weighted by Crippen LogP contribution is 2.23. The van der Waals surface area contributed by atoms with Gasteiger partial charge in [0.15, 0.2) is 0 Å². The molecule has 0 atom stereocenters. The van der Waals surface area contributed by atoms with Crippen molar-refractivity contribution in [1.29, 1.82) is 5.26 Å². The van der Waals surface area contributed by atoms with Crippen molar-refractivity contribution in [2.24, 2.45) is 0 Å². The van der Waals surface area contributed by atoms with Gasteiger partial charge in [-0.25, -0.2) is 0 Å². The zero-order valence-electron chi connectivity index (χ0n) is 9.22. The van der Waals surface area contributed by atoms with Crippen LogP contribution in [0.1, 0.15) is 5.56 Å². The topological polar surface area (TPSA) is 123 Å². The average Bonchev–Trinajstić information content (AvgIpc) is 2.38. The number of nitrogens with zero attached hydrogens (tertiary/aromatic N) is 1. The standard InChI is InChI=1S/C11H15N3O3/c12-4-8-1-2-10(9(13)3-8)14-11(5-15,6-16)7-17/h1-3,14-17H,5-7,13H2. The second-order valence-corrected chi connectivity index (χ2v) is 3.79. The fourth-order valence-electron chi connectivity index (χ4n) is 1.30. The van der Waals surface area contributed by atoms with Crippen LogP contribution >= 0.6 is 0 Å². The Morgan fingerprint density at radius 1 is 1.24 bits per heavy atom. The fraction of sp³-hybridized carbons (Fsp3) is 0.364. The molecular formula is C11H15N3O3. The third kappa shape index (κ3) is 2.85. The Labute approximate surface area is 98.9 Å². The maximum atomic E-state index is 9.15. The van der Waals surface area contributed by atoms with E-state index in [1.54, 1.807) is 12.1 Å². The fourth-order valence-corrected chi connectivity index (χ4v) is 1.30. The second kappa shape index (κ2) is 5.50. The summed E-state index contributed by atoms with van der Waals surface area (Å²) in [5.74, 6) is 0. The van der Waals surface area contributed by atoms with Crippen LogP contribution in [0.2, 0.25) is 0 Å². The lowest BCUT2D eigenvalue weighted by molar-refractivity contribution is 0.0834. The first kappa shape index (κ1) is 13.3. The number of benzene rings is 1. The van der Waals surface area contributed by atoms with Gasteiger partial charge < -0.3 is 26.4 Å². The van der Waals surface area contributed by atoms with Crippen molar-refractivity contribution < 1.29 is 15.3 Å². The van der Waals surface area contributed by atoms with Crippen LogP contribution < -0.4 is 11.1 Å². The molecular weight excluding hydrogens is 222 g/mol. The number of nitrogen functional groups attached to an aromatic ring is 1.